The maximum atomic E-state index is 16.0. The van der Waals surface area contributed by atoms with Crippen LogP contribution in [-0.4, -0.2) is 98.2 Å². The van der Waals surface area contributed by atoms with Crippen LogP contribution in [0.4, 0.5) is 29.9 Å². The summed E-state index contributed by atoms with van der Waals surface area (Å²) >= 11 is 6.28. The molecule has 0 spiro atoms. The summed E-state index contributed by atoms with van der Waals surface area (Å²) in [5.74, 6) is -4.97. The topological polar surface area (TPSA) is 172 Å². The first kappa shape index (κ1) is 45.5. The molecule has 1 unspecified atom stereocenters. The molecule has 4 amide bonds. The van der Waals surface area contributed by atoms with Crippen molar-refractivity contribution in [3.05, 3.63) is 52.0 Å². The van der Waals surface area contributed by atoms with Crippen LogP contribution >= 0.6 is 11.6 Å². The van der Waals surface area contributed by atoms with Crippen LogP contribution in [-0.2, 0) is 35.0 Å². The standard InChI is InChI=1S/C40H52ClF2N7O8S/c1-38(2,3)57-36(53)44-16-15-34(51)46-29-9-7-27(8-10-29)40(42,43)28-22-32(41)47-33(23-28)48-17-19-49(20-18-48)59(55,56)31-13-11-30(12-14-31)50-25-26(21-35(50)52)24-45-37(54)58-39(4,5)6/h11-14,22-23,26-27,29H,7-10,15-21,25H2,1-6H3,(H-,44,46,51,53)/p+1. The van der Waals surface area contributed by atoms with Crippen molar-refractivity contribution in [2.24, 2.45) is 11.8 Å². The van der Waals surface area contributed by atoms with Gasteiger partial charge in [-0.2, -0.15) is 9.10 Å². The number of hydrogen-bond donors (Lipinski definition) is 2. The van der Waals surface area contributed by atoms with Gasteiger partial charge in [-0.3, -0.25) is 9.59 Å². The van der Waals surface area contributed by atoms with E-state index in [9.17, 15) is 27.6 Å². The smallest absolute Gasteiger partial charge is 0.444 e. The number of carbonyl (C=O) groups excluding carboxylic acids is 4. The molecule has 1 aromatic heterocycles. The summed E-state index contributed by atoms with van der Waals surface area (Å²) in [7, 11) is -3.94. The minimum atomic E-state index is -3.94. The number of halogens is 3. The molecular formula is C40H53ClF2N7O8S+. The number of carbonyl (C=O) groups is 4. The van der Waals surface area contributed by atoms with Crippen LogP contribution in [0, 0.1) is 17.9 Å². The average molecular weight is 865 g/mol. The van der Waals surface area contributed by atoms with Gasteiger partial charge in [0.15, 0.2) is 0 Å². The molecule has 322 valence electrons. The van der Waals surface area contributed by atoms with Gasteiger partial charge in [0.2, 0.25) is 21.8 Å². The maximum Gasteiger partial charge on any atom is 0.728 e. The zero-order chi connectivity index (χ0) is 43.3. The number of nitrogens with zero attached hydrogens (tertiary/aromatic N) is 5. The molecule has 59 heavy (non-hydrogen) atoms. The summed E-state index contributed by atoms with van der Waals surface area (Å²) in [4.78, 5) is 60.2. The zero-order valence-electron chi connectivity index (χ0n) is 34.2. The molecule has 15 nitrogen and oxygen atoms in total. The number of hydrogen-bond acceptors (Lipinski definition) is 10. The molecular weight excluding hydrogens is 812 g/mol. The summed E-state index contributed by atoms with van der Waals surface area (Å²) in [5.41, 5.74) is -1.17. The van der Waals surface area contributed by atoms with E-state index < -0.39 is 51.2 Å². The van der Waals surface area contributed by atoms with E-state index in [0.29, 0.717) is 18.5 Å². The van der Waals surface area contributed by atoms with Crippen LogP contribution in [0.25, 0.3) is 4.85 Å². The summed E-state index contributed by atoms with van der Waals surface area (Å²) in [6, 6.07) is 10.8. The van der Waals surface area contributed by atoms with Gasteiger partial charge in [-0.05, 0) is 104 Å². The maximum absolute atomic E-state index is 16.0. The number of benzene rings is 1. The van der Waals surface area contributed by atoms with Crippen molar-refractivity contribution in [3.8, 4) is 6.07 Å². The van der Waals surface area contributed by atoms with E-state index in [2.05, 4.69) is 26.5 Å². The van der Waals surface area contributed by atoms with Gasteiger partial charge >= 0.3 is 12.2 Å². The fourth-order valence-corrected chi connectivity index (χ4v) is 8.77. The van der Waals surface area contributed by atoms with Crippen molar-refractivity contribution in [1.82, 2.24) is 19.9 Å². The van der Waals surface area contributed by atoms with E-state index >= 15 is 8.78 Å². The Morgan fingerprint density at radius 1 is 0.949 bits per heavy atom. The molecule has 2 saturated heterocycles. The second-order valence-electron chi connectivity index (χ2n) is 17.0. The molecule has 5 rings (SSSR count). The molecule has 3 fully saturated rings. The Kier molecular flexibility index (Phi) is 14.1. The second-order valence-corrected chi connectivity index (χ2v) is 19.3. The van der Waals surface area contributed by atoms with Crippen molar-refractivity contribution < 1.29 is 45.9 Å². The minimum absolute atomic E-state index is 0.0288. The largest absolute Gasteiger partial charge is 0.728 e. The lowest BCUT2D eigenvalue weighted by Crippen LogP contribution is -2.49. The fraction of sp³-hybridized carbons (Fsp3) is 0.600. The molecule has 3 heterocycles. The predicted octanol–water partition coefficient (Wildman–Crippen LogP) is 6.55. The van der Waals surface area contributed by atoms with Crippen LogP contribution in [0.3, 0.4) is 0 Å². The van der Waals surface area contributed by atoms with Gasteiger partial charge in [-0.1, -0.05) is 11.6 Å². The van der Waals surface area contributed by atoms with Crippen LogP contribution in [0.2, 0.25) is 5.15 Å². The first-order valence-corrected chi connectivity index (χ1v) is 21.5. The number of aromatic nitrogens is 1. The highest BCUT2D eigenvalue weighted by atomic mass is 35.5. The number of nitrogens with one attached hydrogen (secondary N) is 2. The lowest BCUT2D eigenvalue weighted by Gasteiger charge is -2.36. The number of piperazine rings is 1. The number of ether oxygens (including phenoxy) is 2. The molecule has 0 bridgehead atoms. The summed E-state index contributed by atoms with van der Waals surface area (Å²) in [6.07, 6.45) is -0.259. The van der Waals surface area contributed by atoms with Crippen molar-refractivity contribution in [2.75, 3.05) is 49.1 Å². The Labute approximate surface area is 349 Å². The van der Waals surface area contributed by atoms with Crippen LogP contribution in [0.5, 0.6) is 0 Å². The van der Waals surface area contributed by atoms with Gasteiger partial charge in [0.05, 0.1) is 9.74 Å². The Morgan fingerprint density at radius 2 is 1.58 bits per heavy atom. The van der Waals surface area contributed by atoms with E-state index in [-0.39, 0.29) is 104 Å². The summed E-state index contributed by atoms with van der Waals surface area (Å²) in [6.45, 7) is 11.1. The highest BCUT2D eigenvalue weighted by molar-refractivity contribution is 7.89. The normalized spacial score (nSPS) is 20.7. The quantitative estimate of drug-likeness (QED) is 0.250. The van der Waals surface area contributed by atoms with Crippen LogP contribution < -0.4 is 20.4 Å². The molecule has 0 radical (unpaired) electrons. The summed E-state index contributed by atoms with van der Waals surface area (Å²) < 4.78 is 70.9. The van der Waals surface area contributed by atoms with E-state index in [1.807, 2.05) is 0 Å². The SMILES string of the molecule is CC(C)(C)OC(=O)[N+]#CC1CC(=O)N(c2ccc(S(=O)(=O)N3CCN(c4cc(C(F)(F)C5CCC(NC(=O)CCNC(=O)OC(C)(C)C)CC5)cc(Cl)n4)CC3)cc2)C1. The lowest BCUT2D eigenvalue weighted by atomic mass is 9.80. The summed E-state index contributed by atoms with van der Waals surface area (Å²) in [5, 5.41) is 5.30. The number of pyridine rings is 1. The van der Waals surface area contributed by atoms with Gasteiger partial charge in [0.25, 0.3) is 12.0 Å². The average Bonchev–Trinajstić information content (AvgIpc) is 3.52. The number of alkyl halides is 2. The molecule has 19 heteroatoms. The molecule has 3 aliphatic rings. The van der Waals surface area contributed by atoms with Crippen molar-refractivity contribution in [1.29, 1.82) is 0 Å². The number of sulfonamides is 1. The number of rotatable bonds is 10. The van der Waals surface area contributed by atoms with Crippen LogP contribution in [0.15, 0.2) is 41.3 Å². The Balaban J connectivity index is 1.12. The van der Waals surface area contributed by atoms with E-state index in [4.69, 9.17) is 21.1 Å². The molecule has 2 aromatic rings. The highest BCUT2D eigenvalue weighted by Gasteiger charge is 2.44. The van der Waals surface area contributed by atoms with E-state index in [0.717, 1.165) is 6.07 Å². The molecule has 1 aromatic carbocycles. The van der Waals surface area contributed by atoms with E-state index in [1.165, 1.54) is 27.4 Å². The molecule has 1 atom stereocenters. The molecule has 1 saturated carbocycles. The third kappa shape index (κ3) is 12.5. The van der Waals surface area contributed by atoms with Crippen molar-refractivity contribution in [2.45, 2.75) is 108 Å². The van der Waals surface area contributed by atoms with Gasteiger partial charge < -0.3 is 29.9 Å². The fourth-order valence-electron chi connectivity index (χ4n) is 7.14. The van der Waals surface area contributed by atoms with Gasteiger partial charge in [-0.25, -0.2) is 27.0 Å². The second kappa shape index (κ2) is 18.3. The van der Waals surface area contributed by atoms with Crippen LogP contribution in [0.1, 0.15) is 85.6 Å². The third-order valence-corrected chi connectivity index (χ3v) is 12.1. The van der Waals surface area contributed by atoms with E-state index in [1.54, 1.807) is 58.6 Å². The molecule has 2 N–H and O–H groups in total. The third-order valence-electron chi connectivity index (χ3n) is 10.00. The Hall–Kier alpha value is -4.60. The van der Waals surface area contributed by atoms with Crippen molar-refractivity contribution >= 4 is 57.1 Å². The number of anilines is 2. The van der Waals surface area contributed by atoms with Gasteiger partial charge in [-0.15, -0.1) is 0 Å². The monoisotopic (exact) mass is 864 g/mol. The first-order valence-electron chi connectivity index (χ1n) is 19.7. The van der Waals surface area contributed by atoms with Gasteiger partial charge in [0, 0.05) is 75.3 Å². The molecule has 2 aliphatic heterocycles. The van der Waals surface area contributed by atoms with Crippen molar-refractivity contribution in [3.63, 3.8) is 0 Å². The number of amides is 4. The molecule has 1 aliphatic carbocycles. The Morgan fingerprint density at radius 3 is 2.19 bits per heavy atom. The number of alkyl carbamates (subject to hydrolysis) is 1. The zero-order valence-corrected chi connectivity index (χ0v) is 35.8. The Bertz CT molecular complexity index is 2050. The van der Waals surface area contributed by atoms with Gasteiger partial charge in [0.1, 0.15) is 28.1 Å². The minimum Gasteiger partial charge on any atom is -0.444 e. The first-order chi connectivity index (χ1) is 27.5. The highest BCUT2D eigenvalue weighted by Crippen LogP contribution is 2.45. The predicted molar refractivity (Wildman–Crippen MR) is 217 cm³/mol. The lowest BCUT2D eigenvalue weighted by molar-refractivity contribution is -0.122.